The van der Waals surface area contributed by atoms with Crippen LogP contribution in [0.15, 0.2) is 52.4 Å². The van der Waals surface area contributed by atoms with E-state index < -0.39 is 5.97 Å². The number of pyridine rings is 1. The molecular weight excluding hydrogens is 480 g/mol. The molecule has 3 aromatic heterocycles. The summed E-state index contributed by atoms with van der Waals surface area (Å²) < 4.78 is 16.9. The van der Waals surface area contributed by atoms with Crippen LogP contribution in [0.5, 0.6) is 5.88 Å². The zero-order chi connectivity index (χ0) is 25.1. The van der Waals surface area contributed by atoms with Crippen molar-refractivity contribution in [1.29, 1.82) is 5.26 Å². The fourth-order valence-corrected chi connectivity index (χ4v) is 4.68. The summed E-state index contributed by atoms with van der Waals surface area (Å²) in [5.41, 5.74) is 4.66. The van der Waals surface area contributed by atoms with E-state index >= 15 is 0 Å². The largest absolute Gasteiger partial charge is 0.477 e. The molecule has 36 heavy (non-hydrogen) atoms. The minimum atomic E-state index is -0.993. The Morgan fingerprint density at radius 3 is 2.64 bits per heavy atom. The molecule has 10 heteroatoms. The second-order valence-electron chi connectivity index (χ2n) is 8.24. The molecule has 5 rings (SSSR count). The van der Waals surface area contributed by atoms with Crippen molar-refractivity contribution >= 4 is 23.0 Å². The normalized spacial score (nSPS) is 13.4. The van der Waals surface area contributed by atoms with Gasteiger partial charge in [-0.3, -0.25) is 0 Å². The first-order valence-corrected chi connectivity index (χ1v) is 12.2. The second-order valence-corrected chi connectivity index (χ2v) is 9.15. The van der Waals surface area contributed by atoms with Gasteiger partial charge in [0.25, 0.3) is 0 Å². The smallest absolute Gasteiger partial charge is 0.345 e. The van der Waals surface area contributed by atoms with Crippen LogP contribution in [0.4, 0.5) is 5.69 Å². The van der Waals surface area contributed by atoms with Gasteiger partial charge in [0.2, 0.25) is 5.88 Å². The molecule has 4 aromatic rings. The van der Waals surface area contributed by atoms with Crippen LogP contribution < -0.4 is 9.64 Å². The maximum Gasteiger partial charge on any atom is 0.345 e. The van der Waals surface area contributed by atoms with E-state index in [9.17, 15) is 15.2 Å². The third kappa shape index (κ3) is 4.93. The van der Waals surface area contributed by atoms with E-state index in [-0.39, 0.29) is 22.9 Å². The SMILES string of the molecule is Cc1cc(-c2cc(-c3ccc(N4CCOCC4)cc3)nc(OCc3csc(C(=O)O)c3)c2C#N)on1. The quantitative estimate of drug-likeness (QED) is 0.381. The summed E-state index contributed by atoms with van der Waals surface area (Å²) >= 11 is 1.12. The van der Waals surface area contributed by atoms with Gasteiger partial charge >= 0.3 is 5.97 Å². The van der Waals surface area contributed by atoms with E-state index in [2.05, 4.69) is 21.1 Å². The Morgan fingerprint density at radius 2 is 2.00 bits per heavy atom. The van der Waals surface area contributed by atoms with Gasteiger partial charge in [-0.05, 0) is 36.6 Å². The minimum absolute atomic E-state index is 0.0692. The van der Waals surface area contributed by atoms with E-state index in [4.69, 9.17) is 14.0 Å². The van der Waals surface area contributed by atoms with Crippen LogP contribution in [-0.4, -0.2) is 47.5 Å². The highest BCUT2D eigenvalue weighted by Crippen LogP contribution is 2.35. The van der Waals surface area contributed by atoms with Crippen LogP contribution in [0.25, 0.3) is 22.6 Å². The molecule has 1 aliphatic heterocycles. The molecule has 0 amide bonds. The molecule has 0 bridgehead atoms. The predicted octanol–water partition coefficient (Wildman–Crippen LogP) is 4.76. The molecule has 1 aromatic carbocycles. The maximum absolute atomic E-state index is 11.2. The third-order valence-electron chi connectivity index (χ3n) is 5.77. The van der Waals surface area contributed by atoms with E-state index in [0.717, 1.165) is 35.7 Å². The number of aromatic nitrogens is 2. The molecule has 0 radical (unpaired) electrons. The molecule has 0 saturated carbocycles. The number of carbonyl (C=O) groups is 1. The summed E-state index contributed by atoms with van der Waals surface area (Å²) in [5, 5.41) is 24.8. The van der Waals surface area contributed by atoms with Crippen LogP contribution in [0.3, 0.4) is 0 Å². The maximum atomic E-state index is 11.2. The summed E-state index contributed by atoms with van der Waals surface area (Å²) in [5.74, 6) is -0.418. The van der Waals surface area contributed by atoms with Gasteiger partial charge in [0.15, 0.2) is 5.76 Å². The Morgan fingerprint density at radius 1 is 1.22 bits per heavy atom. The van der Waals surface area contributed by atoms with Crippen molar-refractivity contribution in [3.8, 4) is 34.5 Å². The van der Waals surface area contributed by atoms with E-state index in [0.29, 0.717) is 41.5 Å². The lowest BCUT2D eigenvalue weighted by molar-refractivity contribution is 0.0702. The van der Waals surface area contributed by atoms with Crippen LogP contribution in [-0.2, 0) is 11.3 Å². The molecule has 182 valence electrons. The first kappa shape index (κ1) is 23.5. The van der Waals surface area contributed by atoms with Gasteiger partial charge in [0.1, 0.15) is 23.1 Å². The van der Waals surface area contributed by atoms with Crippen molar-refractivity contribution in [2.75, 3.05) is 31.2 Å². The monoisotopic (exact) mass is 502 g/mol. The van der Waals surface area contributed by atoms with Crippen molar-refractivity contribution in [3.63, 3.8) is 0 Å². The third-order valence-corrected chi connectivity index (χ3v) is 6.74. The average Bonchev–Trinajstić information content (AvgIpc) is 3.57. The lowest BCUT2D eigenvalue weighted by atomic mass is 10.0. The van der Waals surface area contributed by atoms with Crippen LogP contribution in [0, 0.1) is 18.3 Å². The number of aromatic carboxylic acids is 1. The molecule has 0 atom stereocenters. The first-order chi connectivity index (χ1) is 17.5. The Kier molecular flexibility index (Phi) is 6.66. The predicted molar refractivity (Wildman–Crippen MR) is 133 cm³/mol. The van der Waals surface area contributed by atoms with Gasteiger partial charge in [-0.15, -0.1) is 11.3 Å². The van der Waals surface area contributed by atoms with Gasteiger partial charge in [0.05, 0.1) is 24.6 Å². The summed E-state index contributed by atoms with van der Waals surface area (Å²) in [6.45, 7) is 4.97. The molecule has 0 unspecified atom stereocenters. The number of thiophene rings is 1. The fourth-order valence-electron chi connectivity index (χ4n) is 3.95. The Hall–Kier alpha value is -4.20. The van der Waals surface area contributed by atoms with Gasteiger partial charge in [-0.1, -0.05) is 17.3 Å². The molecular formula is C26H22N4O5S. The van der Waals surface area contributed by atoms with Crippen molar-refractivity contribution in [2.24, 2.45) is 0 Å². The molecule has 9 nitrogen and oxygen atoms in total. The zero-order valence-electron chi connectivity index (χ0n) is 19.4. The highest BCUT2D eigenvalue weighted by Gasteiger charge is 2.20. The van der Waals surface area contributed by atoms with Crippen molar-refractivity contribution < 1.29 is 23.9 Å². The lowest BCUT2D eigenvalue weighted by Crippen LogP contribution is -2.36. The van der Waals surface area contributed by atoms with E-state index in [1.165, 1.54) is 0 Å². The van der Waals surface area contributed by atoms with E-state index in [1.54, 1.807) is 30.5 Å². The Balaban J connectivity index is 1.51. The van der Waals surface area contributed by atoms with Gasteiger partial charge < -0.3 is 24.0 Å². The lowest BCUT2D eigenvalue weighted by Gasteiger charge is -2.28. The molecule has 0 aliphatic carbocycles. The van der Waals surface area contributed by atoms with Crippen molar-refractivity contribution in [3.05, 3.63) is 69.5 Å². The van der Waals surface area contributed by atoms with Crippen LogP contribution >= 0.6 is 11.3 Å². The number of aryl methyl sites for hydroxylation is 1. The summed E-state index contributed by atoms with van der Waals surface area (Å²) in [6.07, 6.45) is 0. The molecule has 4 heterocycles. The number of anilines is 1. The minimum Gasteiger partial charge on any atom is -0.477 e. The van der Waals surface area contributed by atoms with Crippen LogP contribution in [0.1, 0.15) is 26.5 Å². The molecule has 0 spiro atoms. The number of hydrogen-bond donors (Lipinski definition) is 1. The summed E-state index contributed by atoms with van der Waals surface area (Å²) in [6, 6.07) is 15.3. The summed E-state index contributed by atoms with van der Waals surface area (Å²) in [4.78, 5) is 18.3. The topological polar surface area (TPSA) is 122 Å². The van der Waals surface area contributed by atoms with Gasteiger partial charge in [-0.2, -0.15) is 5.26 Å². The number of nitriles is 1. The number of morpholine rings is 1. The zero-order valence-corrected chi connectivity index (χ0v) is 20.2. The Labute approximate surface area is 211 Å². The van der Waals surface area contributed by atoms with Crippen LogP contribution in [0.2, 0.25) is 0 Å². The van der Waals surface area contributed by atoms with E-state index in [1.807, 2.05) is 24.3 Å². The first-order valence-electron chi connectivity index (χ1n) is 11.3. The number of carboxylic acids is 1. The number of ether oxygens (including phenoxy) is 2. The second kappa shape index (κ2) is 10.2. The highest BCUT2D eigenvalue weighted by molar-refractivity contribution is 7.12. The Bertz CT molecular complexity index is 1430. The molecule has 1 aliphatic rings. The number of nitrogens with zero attached hydrogens (tertiary/aromatic N) is 4. The van der Waals surface area contributed by atoms with Crippen molar-refractivity contribution in [2.45, 2.75) is 13.5 Å². The van der Waals surface area contributed by atoms with Gasteiger partial charge in [0, 0.05) is 41.5 Å². The highest BCUT2D eigenvalue weighted by atomic mass is 32.1. The molecule has 1 N–H and O–H groups in total. The average molecular weight is 503 g/mol. The number of carboxylic acid groups (broad SMARTS) is 1. The van der Waals surface area contributed by atoms with Gasteiger partial charge in [-0.25, -0.2) is 9.78 Å². The number of hydrogen-bond acceptors (Lipinski definition) is 9. The van der Waals surface area contributed by atoms with Crippen molar-refractivity contribution in [1.82, 2.24) is 10.1 Å². The molecule has 1 fully saturated rings. The fraction of sp³-hybridized carbons (Fsp3) is 0.231. The summed E-state index contributed by atoms with van der Waals surface area (Å²) in [7, 11) is 0. The standard InChI is InChI=1S/C26H22N4O5S/c1-16-10-23(35-29-16)20-12-22(18-2-4-19(5-3-18)30-6-8-33-9-7-30)28-25(21(20)13-27)34-14-17-11-24(26(31)32)36-15-17/h2-5,10-12,15H,6-9,14H2,1H3,(H,31,32). The molecule has 1 saturated heterocycles. The number of benzene rings is 1. The number of rotatable bonds is 7.